The molecule has 0 radical (unpaired) electrons. The minimum Gasteiger partial charge on any atom is -0.490 e. The van der Waals surface area contributed by atoms with Gasteiger partial charge in [0.05, 0.1) is 30.0 Å². The average molecular weight is 488 g/mol. The molecule has 2 aliphatic rings. The summed E-state index contributed by atoms with van der Waals surface area (Å²) < 4.78 is 19.4. The molecule has 0 unspecified atom stereocenters. The van der Waals surface area contributed by atoms with Crippen molar-refractivity contribution in [2.75, 3.05) is 18.5 Å². The molecule has 1 aliphatic carbocycles. The van der Waals surface area contributed by atoms with Gasteiger partial charge in [-0.2, -0.15) is 5.26 Å². The molecule has 7 nitrogen and oxygen atoms in total. The molecular formula is C29H33N3O4. The van der Waals surface area contributed by atoms with Crippen LogP contribution >= 0.6 is 0 Å². The smallest absolute Gasteiger partial charge is 0.411 e. The third kappa shape index (κ3) is 5.05. The third-order valence-corrected chi connectivity index (χ3v) is 7.06. The molecule has 0 bridgehead atoms. The van der Waals surface area contributed by atoms with Gasteiger partial charge in [0.1, 0.15) is 24.0 Å². The highest BCUT2D eigenvalue weighted by Gasteiger charge is 2.30. The topological polar surface area (TPSA) is 85.5 Å². The highest BCUT2D eigenvalue weighted by Crippen LogP contribution is 2.38. The van der Waals surface area contributed by atoms with Crippen molar-refractivity contribution in [3.05, 3.63) is 48.0 Å². The number of nitriles is 1. The van der Waals surface area contributed by atoms with Gasteiger partial charge in [0.15, 0.2) is 0 Å². The van der Waals surface area contributed by atoms with Gasteiger partial charge in [-0.3, -0.25) is 5.32 Å². The van der Waals surface area contributed by atoms with E-state index >= 15 is 0 Å². The van der Waals surface area contributed by atoms with E-state index in [1.165, 1.54) is 0 Å². The summed E-state index contributed by atoms with van der Waals surface area (Å²) in [7, 11) is 0. The standard InChI is InChI=1S/C29H33N3O4/c1-18(2)32-27-16-24(36-23-12-14-34-15-13-23)10-11-25(27)26(17-30)28(32)21-6-8-22(9-7-21)31-29(33)35-19(3)20-4-5-20/h6-11,16,18-20,23H,4-5,12-15H2,1-3H3,(H,31,33)/t19-/m1/s1. The number of benzene rings is 2. The van der Waals surface area contributed by atoms with Crippen molar-refractivity contribution in [3.63, 3.8) is 0 Å². The van der Waals surface area contributed by atoms with E-state index in [0.29, 0.717) is 17.2 Å². The van der Waals surface area contributed by atoms with Gasteiger partial charge in [0.2, 0.25) is 0 Å². The molecule has 188 valence electrons. The lowest BCUT2D eigenvalue weighted by Crippen LogP contribution is -2.25. The summed E-state index contributed by atoms with van der Waals surface area (Å²) in [5, 5.41) is 13.8. The van der Waals surface area contributed by atoms with Crippen molar-refractivity contribution >= 4 is 22.7 Å². The van der Waals surface area contributed by atoms with Crippen LogP contribution in [0.4, 0.5) is 10.5 Å². The van der Waals surface area contributed by atoms with E-state index in [4.69, 9.17) is 14.2 Å². The van der Waals surface area contributed by atoms with E-state index in [2.05, 4.69) is 29.8 Å². The Kier molecular flexibility index (Phi) is 6.88. The maximum Gasteiger partial charge on any atom is 0.411 e. The zero-order chi connectivity index (χ0) is 25.2. The quantitative estimate of drug-likeness (QED) is 0.402. The second-order valence-electron chi connectivity index (χ2n) is 10.1. The second kappa shape index (κ2) is 10.2. The number of hydrogen-bond acceptors (Lipinski definition) is 5. The molecule has 5 rings (SSSR count). The van der Waals surface area contributed by atoms with Crippen LogP contribution in [-0.4, -0.2) is 36.1 Å². The first kappa shape index (κ1) is 24.2. The summed E-state index contributed by atoms with van der Waals surface area (Å²) in [6, 6.07) is 16.1. The van der Waals surface area contributed by atoms with Crippen LogP contribution in [0.3, 0.4) is 0 Å². The molecule has 1 saturated heterocycles. The van der Waals surface area contributed by atoms with Gasteiger partial charge in [-0.1, -0.05) is 12.1 Å². The number of amides is 1. The summed E-state index contributed by atoms with van der Waals surface area (Å²) in [6.07, 6.45) is 3.65. The largest absolute Gasteiger partial charge is 0.490 e. The molecule has 1 aliphatic heterocycles. The Labute approximate surface area is 211 Å². The van der Waals surface area contributed by atoms with Crippen LogP contribution in [0, 0.1) is 17.2 Å². The van der Waals surface area contributed by atoms with Crippen LogP contribution in [0.5, 0.6) is 5.75 Å². The van der Waals surface area contributed by atoms with Crippen LogP contribution in [0.1, 0.15) is 58.1 Å². The minimum atomic E-state index is -0.437. The first-order chi connectivity index (χ1) is 17.4. The number of rotatable bonds is 7. The summed E-state index contributed by atoms with van der Waals surface area (Å²) in [5.74, 6) is 1.30. The van der Waals surface area contributed by atoms with E-state index in [9.17, 15) is 10.1 Å². The van der Waals surface area contributed by atoms with Crippen molar-refractivity contribution in [2.45, 2.75) is 64.7 Å². The second-order valence-corrected chi connectivity index (χ2v) is 10.1. The van der Waals surface area contributed by atoms with Gasteiger partial charge in [0.25, 0.3) is 0 Å². The van der Waals surface area contributed by atoms with Crippen LogP contribution in [0.2, 0.25) is 0 Å². The summed E-state index contributed by atoms with van der Waals surface area (Å²) in [6.45, 7) is 7.61. The van der Waals surface area contributed by atoms with E-state index in [1.807, 2.05) is 49.4 Å². The molecule has 2 fully saturated rings. The molecule has 3 aromatic rings. The van der Waals surface area contributed by atoms with Crippen LogP contribution in [0.15, 0.2) is 42.5 Å². The number of fused-ring (bicyclic) bond motifs is 1. The normalized spacial score (nSPS) is 17.1. The number of carbonyl (C=O) groups excluding carboxylic acids is 1. The molecule has 36 heavy (non-hydrogen) atoms. The Morgan fingerprint density at radius 3 is 2.44 bits per heavy atom. The van der Waals surface area contributed by atoms with Gasteiger partial charge >= 0.3 is 6.09 Å². The molecule has 2 aromatic carbocycles. The van der Waals surface area contributed by atoms with Gasteiger partial charge in [-0.15, -0.1) is 0 Å². The molecule has 0 spiro atoms. The Hall–Kier alpha value is -3.50. The molecule has 7 heteroatoms. The van der Waals surface area contributed by atoms with Gasteiger partial charge in [0, 0.05) is 36.0 Å². The fourth-order valence-electron chi connectivity index (χ4n) is 4.97. The fraction of sp³-hybridized carbons (Fsp3) is 0.448. The molecular weight excluding hydrogens is 454 g/mol. The lowest BCUT2D eigenvalue weighted by Gasteiger charge is -2.23. The Balaban J connectivity index is 1.43. The maximum atomic E-state index is 12.2. The number of nitrogens with zero attached hydrogens (tertiary/aromatic N) is 2. The maximum absolute atomic E-state index is 12.2. The van der Waals surface area contributed by atoms with Crippen LogP contribution < -0.4 is 10.1 Å². The molecule has 1 saturated carbocycles. The zero-order valence-electron chi connectivity index (χ0n) is 21.1. The Bertz CT molecular complexity index is 1280. The van der Waals surface area contributed by atoms with Crippen molar-refractivity contribution in [2.24, 2.45) is 5.92 Å². The summed E-state index contributed by atoms with van der Waals surface area (Å²) in [4.78, 5) is 12.2. The highest BCUT2D eigenvalue weighted by molar-refractivity contribution is 5.95. The van der Waals surface area contributed by atoms with E-state index < -0.39 is 6.09 Å². The first-order valence-electron chi connectivity index (χ1n) is 12.8. The summed E-state index contributed by atoms with van der Waals surface area (Å²) in [5.41, 5.74) is 4.04. The van der Waals surface area contributed by atoms with Crippen molar-refractivity contribution in [3.8, 4) is 23.1 Å². The van der Waals surface area contributed by atoms with Gasteiger partial charge < -0.3 is 18.8 Å². The third-order valence-electron chi connectivity index (χ3n) is 7.06. The molecule has 1 aromatic heterocycles. The number of anilines is 1. The van der Waals surface area contributed by atoms with E-state index in [-0.39, 0.29) is 18.2 Å². The lowest BCUT2D eigenvalue weighted by atomic mass is 10.1. The van der Waals surface area contributed by atoms with Crippen LogP contribution in [-0.2, 0) is 9.47 Å². The van der Waals surface area contributed by atoms with Crippen molar-refractivity contribution < 1.29 is 19.0 Å². The number of carbonyl (C=O) groups is 1. The van der Waals surface area contributed by atoms with E-state index in [0.717, 1.165) is 66.8 Å². The average Bonchev–Trinajstić information content (AvgIpc) is 3.67. The van der Waals surface area contributed by atoms with Crippen LogP contribution in [0.25, 0.3) is 22.2 Å². The lowest BCUT2D eigenvalue weighted by molar-refractivity contribution is 0.0256. The molecule has 2 heterocycles. The van der Waals surface area contributed by atoms with Crippen molar-refractivity contribution in [1.29, 1.82) is 5.26 Å². The van der Waals surface area contributed by atoms with Gasteiger partial charge in [-0.05, 0) is 69.4 Å². The number of nitrogens with one attached hydrogen (secondary N) is 1. The monoisotopic (exact) mass is 487 g/mol. The van der Waals surface area contributed by atoms with E-state index in [1.54, 1.807) is 0 Å². The SMILES string of the molecule is CC(C)n1c(-c2ccc(NC(=O)O[C@H](C)C3CC3)cc2)c(C#N)c2ccc(OC3CCOCC3)cc21. The van der Waals surface area contributed by atoms with Crippen molar-refractivity contribution in [1.82, 2.24) is 4.57 Å². The minimum absolute atomic E-state index is 0.0653. The first-order valence-corrected chi connectivity index (χ1v) is 12.8. The Morgan fingerprint density at radius 1 is 1.08 bits per heavy atom. The summed E-state index contributed by atoms with van der Waals surface area (Å²) >= 11 is 0. The Morgan fingerprint density at radius 2 is 1.81 bits per heavy atom. The number of ether oxygens (including phenoxy) is 3. The molecule has 1 atom stereocenters. The zero-order valence-corrected chi connectivity index (χ0v) is 21.1. The molecule has 1 N–H and O–H groups in total. The number of aromatic nitrogens is 1. The highest BCUT2D eigenvalue weighted by atomic mass is 16.6. The molecule has 1 amide bonds. The van der Waals surface area contributed by atoms with Gasteiger partial charge in [-0.25, -0.2) is 4.79 Å². The predicted molar refractivity (Wildman–Crippen MR) is 139 cm³/mol. The predicted octanol–water partition coefficient (Wildman–Crippen LogP) is 6.67. The number of hydrogen-bond donors (Lipinski definition) is 1. The fourth-order valence-corrected chi connectivity index (χ4v) is 4.97.